The lowest BCUT2D eigenvalue weighted by atomic mass is 10.2. The number of anilines is 1. The fourth-order valence-corrected chi connectivity index (χ4v) is 3.67. The summed E-state index contributed by atoms with van der Waals surface area (Å²) in [5, 5.41) is 28.0. The number of primary sulfonamides is 1. The number of rotatable bonds is 4. The van der Waals surface area contributed by atoms with Crippen LogP contribution in [0.4, 0.5) is 11.4 Å². The van der Waals surface area contributed by atoms with Crippen LogP contribution in [0, 0.1) is 10.1 Å². The van der Waals surface area contributed by atoms with Gasteiger partial charge in [0.2, 0.25) is 10.0 Å². The number of nitrogens with zero attached hydrogens (tertiary/aromatic N) is 1. The molecule has 0 saturated carbocycles. The first kappa shape index (κ1) is 15.0. The van der Waals surface area contributed by atoms with Crippen molar-refractivity contribution in [2.24, 2.45) is 5.14 Å². The van der Waals surface area contributed by atoms with E-state index < -0.39 is 14.9 Å². The van der Waals surface area contributed by atoms with Gasteiger partial charge in [0.05, 0.1) is 9.82 Å². The van der Waals surface area contributed by atoms with E-state index in [-0.39, 0.29) is 28.9 Å². The fourth-order valence-electron chi connectivity index (χ4n) is 1.89. The molecule has 1 aliphatic rings. The Morgan fingerprint density at radius 3 is 2.80 bits per heavy atom. The van der Waals surface area contributed by atoms with E-state index in [2.05, 4.69) is 5.32 Å². The summed E-state index contributed by atoms with van der Waals surface area (Å²) < 4.78 is 22.7. The number of thioether (sulfide) groups is 1. The zero-order valence-corrected chi connectivity index (χ0v) is 11.9. The number of nitro benzene ring substituents is 1. The molecule has 0 fully saturated rings. The van der Waals surface area contributed by atoms with Crippen LogP contribution in [0.5, 0.6) is 0 Å². The topological polar surface area (TPSA) is 136 Å². The van der Waals surface area contributed by atoms with Gasteiger partial charge in [-0.05, 0) is 12.5 Å². The molecule has 0 spiro atoms. The zero-order chi connectivity index (χ0) is 14.9. The van der Waals surface area contributed by atoms with Gasteiger partial charge in [-0.1, -0.05) is 0 Å². The molecule has 0 aromatic heterocycles. The lowest BCUT2D eigenvalue weighted by Crippen LogP contribution is -2.27. The van der Waals surface area contributed by atoms with Crippen molar-refractivity contribution in [1.29, 1.82) is 0 Å². The van der Waals surface area contributed by atoms with Crippen molar-refractivity contribution >= 4 is 33.2 Å². The van der Waals surface area contributed by atoms with Crippen molar-refractivity contribution in [1.82, 2.24) is 0 Å². The van der Waals surface area contributed by atoms with E-state index in [1.54, 1.807) is 0 Å². The lowest BCUT2D eigenvalue weighted by molar-refractivity contribution is -0.384. The number of hydrogen-bond donors (Lipinski definition) is 3. The van der Waals surface area contributed by atoms with E-state index in [4.69, 9.17) is 10.2 Å². The second-order valence-corrected chi connectivity index (χ2v) is 6.91. The molecule has 0 aliphatic carbocycles. The molecule has 1 heterocycles. The maximum absolute atomic E-state index is 11.4. The molecule has 20 heavy (non-hydrogen) atoms. The van der Waals surface area contributed by atoms with Crippen molar-refractivity contribution in [2.75, 3.05) is 17.7 Å². The Hall–Kier alpha value is -1.36. The number of aliphatic hydroxyl groups is 1. The number of fused-ring (bicyclic) bond motifs is 1. The molecule has 8 nitrogen and oxygen atoms in total. The Morgan fingerprint density at radius 2 is 2.25 bits per heavy atom. The number of sulfonamides is 1. The minimum Gasteiger partial charge on any atom is -0.396 e. The Bertz CT molecular complexity index is 647. The van der Waals surface area contributed by atoms with Crippen LogP contribution < -0.4 is 10.5 Å². The molecular weight excluding hydrogens is 306 g/mol. The molecule has 1 aliphatic heterocycles. The molecule has 1 aromatic rings. The maximum Gasteiger partial charge on any atom is 0.294 e. The van der Waals surface area contributed by atoms with Gasteiger partial charge in [-0.15, -0.1) is 11.8 Å². The molecule has 10 heteroatoms. The summed E-state index contributed by atoms with van der Waals surface area (Å²) in [7, 11) is -4.00. The predicted octanol–water partition coefficient (Wildman–Crippen LogP) is 0.511. The first-order chi connectivity index (χ1) is 9.32. The van der Waals surface area contributed by atoms with Crippen LogP contribution >= 0.6 is 11.8 Å². The largest absolute Gasteiger partial charge is 0.396 e. The minimum absolute atomic E-state index is 0.0311. The average Bonchev–Trinajstić information content (AvgIpc) is 2.36. The molecule has 0 unspecified atom stereocenters. The van der Waals surface area contributed by atoms with Crippen molar-refractivity contribution < 1.29 is 18.4 Å². The van der Waals surface area contributed by atoms with Gasteiger partial charge < -0.3 is 10.4 Å². The van der Waals surface area contributed by atoms with Gasteiger partial charge in [0.25, 0.3) is 5.69 Å². The summed E-state index contributed by atoms with van der Waals surface area (Å²) in [5.41, 5.74) is -0.0567. The highest BCUT2D eigenvalue weighted by atomic mass is 32.2. The molecule has 1 atom stereocenters. The number of nitro groups is 1. The highest BCUT2D eigenvalue weighted by Gasteiger charge is 2.28. The van der Waals surface area contributed by atoms with Crippen molar-refractivity contribution in [3.63, 3.8) is 0 Å². The summed E-state index contributed by atoms with van der Waals surface area (Å²) in [6.45, 7) is -0.0311. The lowest BCUT2D eigenvalue weighted by Gasteiger charge is -2.26. The van der Waals surface area contributed by atoms with Crippen molar-refractivity contribution in [3.8, 4) is 0 Å². The highest BCUT2D eigenvalue weighted by molar-refractivity contribution is 7.99. The third-order valence-corrected chi connectivity index (χ3v) is 4.94. The quantitative estimate of drug-likeness (QED) is 0.543. The molecule has 0 bridgehead atoms. The Morgan fingerprint density at radius 1 is 1.55 bits per heavy atom. The monoisotopic (exact) mass is 319 g/mol. The van der Waals surface area contributed by atoms with Crippen molar-refractivity contribution in [2.45, 2.75) is 22.3 Å². The summed E-state index contributed by atoms with van der Waals surface area (Å²) in [6, 6.07) is 2.17. The number of nitrogens with one attached hydrogen (secondary N) is 1. The van der Waals surface area contributed by atoms with E-state index >= 15 is 0 Å². The van der Waals surface area contributed by atoms with E-state index in [9.17, 15) is 18.5 Å². The number of nitrogens with two attached hydrogens (primary N) is 1. The smallest absolute Gasteiger partial charge is 0.294 e. The molecule has 110 valence electrons. The van der Waals surface area contributed by atoms with Crippen LogP contribution in [-0.2, 0) is 10.0 Å². The first-order valence-electron chi connectivity index (χ1n) is 5.68. The first-order valence-corrected chi connectivity index (χ1v) is 8.21. The number of aliphatic hydroxyl groups excluding tert-OH is 1. The van der Waals surface area contributed by atoms with Crippen molar-refractivity contribution in [3.05, 3.63) is 22.2 Å². The van der Waals surface area contributed by atoms with Gasteiger partial charge in [0.15, 0.2) is 0 Å². The van der Waals surface area contributed by atoms with Crippen LogP contribution in [0.1, 0.15) is 6.42 Å². The van der Waals surface area contributed by atoms with E-state index in [1.807, 2.05) is 0 Å². The summed E-state index contributed by atoms with van der Waals surface area (Å²) >= 11 is 1.30. The van der Waals surface area contributed by atoms with E-state index in [0.717, 1.165) is 6.07 Å². The van der Waals surface area contributed by atoms with E-state index in [0.29, 0.717) is 17.1 Å². The van der Waals surface area contributed by atoms with Crippen LogP contribution in [0.3, 0.4) is 0 Å². The Kier molecular flexibility index (Phi) is 4.18. The number of hydrogen-bond acceptors (Lipinski definition) is 7. The van der Waals surface area contributed by atoms with Crippen LogP contribution in [0.25, 0.3) is 0 Å². The SMILES string of the molecule is NS(=O)(=O)c1cc2c(c([N+](=O)[O-])c1)N[C@H](CCO)CS2. The summed E-state index contributed by atoms with van der Waals surface area (Å²) in [4.78, 5) is 10.6. The summed E-state index contributed by atoms with van der Waals surface area (Å²) in [6.07, 6.45) is 0.459. The van der Waals surface area contributed by atoms with Gasteiger partial charge in [-0.25, -0.2) is 13.6 Å². The molecule has 4 N–H and O–H groups in total. The molecule has 0 radical (unpaired) electrons. The second-order valence-electron chi connectivity index (χ2n) is 4.28. The molecule has 0 amide bonds. The van der Waals surface area contributed by atoms with Crippen LogP contribution in [0.2, 0.25) is 0 Å². The third-order valence-electron chi connectivity index (χ3n) is 2.85. The standard InChI is InChI=1S/C10H13N3O5S2/c11-20(17,18)7-3-8(13(15)16)10-9(4-7)19-5-6(12-10)1-2-14/h3-4,6,12,14H,1-2,5H2,(H2,11,17,18)/t6-/m1/s1. The van der Waals surface area contributed by atoms with Gasteiger partial charge in [0.1, 0.15) is 5.69 Å². The predicted molar refractivity (Wildman–Crippen MR) is 74.3 cm³/mol. The normalized spacial score (nSPS) is 18.2. The van der Waals surface area contributed by atoms with Gasteiger partial charge in [0, 0.05) is 29.4 Å². The Balaban J connectivity index is 2.52. The Labute approximate surface area is 119 Å². The minimum atomic E-state index is -4.00. The van der Waals surface area contributed by atoms with Gasteiger partial charge >= 0.3 is 0 Å². The number of benzene rings is 1. The zero-order valence-electron chi connectivity index (χ0n) is 10.3. The average molecular weight is 319 g/mol. The van der Waals surface area contributed by atoms with Gasteiger partial charge in [-0.2, -0.15) is 0 Å². The highest BCUT2D eigenvalue weighted by Crippen LogP contribution is 2.41. The molecule has 0 saturated heterocycles. The van der Waals surface area contributed by atoms with Crippen LogP contribution in [0.15, 0.2) is 21.9 Å². The molecular formula is C10H13N3O5S2. The fraction of sp³-hybridized carbons (Fsp3) is 0.400. The summed E-state index contributed by atoms with van der Waals surface area (Å²) in [5.74, 6) is 0.582. The maximum atomic E-state index is 11.4. The van der Waals surface area contributed by atoms with Crippen LogP contribution in [-0.4, -0.2) is 36.8 Å². The molecule has 1 aromatic carbocycles. The van der Waals surface area contributed by atoms with Gasteiger partial charge in [-0.3, -0.25) is 10.1 Å². The second kappa shape index (κ2) is 5.56. The van der Waals surface area contributed by atoms with E-state index in [1.165, 1.54) is 17.8 Å². The molecule has 2 rings (SSSR count). The third kappa shape index (κ3) is 3.03.